The molecule has 0 bridgehead atoms. The van der Waals surface area contributed by atoms with E-state index in [0.717, 1.165) is 25.9 Å². The largest absolute Gasteiger partial charge is 0.389 e. The summed E-state index contributed by atoms with van der Waals surface area (Å²) in [5.74, 6) is 0.543. The highest BCUT2D eigenvalue weighted by molar-refractivity contribution is 5.31. The van der Waals surface area contributed by atoms with E-state index in [1.807, 2.05) is 14.1 Å². The number of alkyl halides is 3. The highest BCUT2D eigenvalue weighted by Gasteiger charge is 2.27. The molecule has 118 valence electrons. The van der Waals surface area contributed by atoms with Gasteiger partial charge in [0, 0.05) is 37.4 Å². The van der Waals surface area contributed by atoms with Gasteiger partial charge in [0.25, 0.3) is 0 Å². The summed E-state index contributed by atoms with van der Waals surface area (Å²) in [6, 6.07) is 1.99. The SMILES string of the molecule is CN(C)[C@H]1CCCN(c2nccc(CCC(F)(F)F)n2)C1. The van der Waals surface area contributed by atoms with Gasteiger partial charge >= 0.3 is 6.18 Å². The van der Waals surface area contributed by atoms with Crippen LogP contribution >= 0.6 is 0 Å². The van der Waals surface area contributed by atoms with Crippen LogP contribution < -0.4 is 4.90 Å². The van der Waals surface area contributed by atoms with Gasteiger partial charge in [-0.2, -0.15) is 13.2 Å². The van der Waals surface area contributed by atoms with Gasteiger partial charge in [-0.05, 0) is 39.4 Å². The first-order valence-corrected chi connectivity index (χ1v) is 7.15. The molecular formula is C14H21F3N4. The van der Waals surface area contributed by atoms with Crippen LogP contribution in [0.4, 0.5) is 19.1 Å². The average molecular weight is 302 g/mol. The number of hydrogen-bond donors (Lipinski definition) is 0. The lowest BCUT2D eigenvalue weighted by Gasteiger charge is -2.36. The van der Waals surface area contributed by atoms with Gasteiger partial charge in [0.1, 0.15) is 0 Å². The minimum Gasteiger partial charge on any atom is -0.339 e. The zero-order chi connectivity index (χ0) is 15.5. The Kier molecular flexibility index (Phi) is 5.03. The highest BCUT2D eigenvalue weighted by Crippen LogP contribution is 2.23. The summed E-state index contributed by atoms with van der Waals surface area (Å²) in [6.45, 7) is 1.67. The summed E-state index contributed by atoms with van der Waals surface area (Å²) in [6.07, 6.45) is -1.37. The maximum Gasteiger partial charge on any atom is 0.389 e. The molecule has 1 fully saturated rings. The summed E-state index contributed by atoms with van der Waals surface area (Å²) in [7, 11) is 4.07. The lowest BCUT2D eigenvalue weighted by atomic mass is 10.1. The van der Waals surface area contributed by atoms with Crippen molar-refractivity contribution in [3.05, 3.63) is 18.0 Å². The molecule has 2 heterocycles. The number of aromatic nitrogens is 2. The summed E-state index contributed by atoms with van der Waals surface area (Å²) in [5, 5.41) is 0. The first-order valence-electron chi connectivity index (χ1n) is 7.15. The second-order valence-electron chi connectivity index (χ2n) is 5.67. The lowest BCUT2D eigenvalue weighted by Crippen LogP contribution is -2.45. The van der Waals surface area contributed by atoms with Crippen LogP contribution in [0, 0.1) is 0 Å². The van der Waals surface area contributed by atoms with E-state index in [0.29, 0.717) is 17.7 Å². The Labute approximate surface area is 123 Å². The molecule has 1 saturated heterocycles. The molecule has 4 nitrogen and oxygen atoms in total. The number of hydrogen-bond acceptors (Lipinski definition) is 4. The van der Waals surface area contributed by atoms with Crippen LogP contribution in [0.1, 0.15) is 25.0 Å². The van der Waals surface area contributed by atoms with Crippen molar-refractivity contribution in [1.29, 1.82) is 0 Å². The van der Waals surface area contributed by atoms with Crippen molar-refractivity contribution in [3.63, 3.8) is 0 Å². The van der Waals surface area contributed by atoms with Crippen molar-refractivity contribution in [1.82, 2.24) is 14.9 Å². The molecule has 7 heteroatoms. The Morgan fingerprint density at radius 1 is 1.38 bits per heavy atom. The molecule has 0 saturated carbocycles. The molecule has 0 spiro atoms. The van der Waals surface area contributed by atoms with Crippen LogP contribution in [-0.2, 0) is 6.42 Å². The van der Waals surface area contributed by atoms with E-state index >= 15 is 0 Å². The van der Waals surface area contributed by atoms with Gasteiger partial charge in [-0.25, -0.2) is 9.97 Å². The molecule has 0 aromatic carbocycles. The standard InChI is InChI=1S/C14H21F3N4/c1-20(2)12-4-3-9-21(10-12)13-18-8-6-11(19-13)5-7-14(15,16)17/h6,8,12H,3-5,7,9-10H2,1-2H3/t12-/m0/s1. The number of piperidine rings is 1. The first-order chi connectivity index (χ1) is 9.85. The first kappa shape index (κ1) is 16.0. The van der Waals surface area contributed by atoms with Crippen molar-refractivity contribution in [2.24, 2.45) is 0 Å². The van der Waals surface area contributed by atoms with E-state index in [1.54, 1.807) is 12.3 Å². The fraction of sp³-hybridized carbons (Fsp3) is 0.714. The second-order valence-corrected chi connectivity index (χ2v) is 5.67. The van der Waals surface area contributed by atoms with Crippen molar-refractivity contribution < 1.29 is 13.2 Å². The minimum absolute atomic E-state index is 0.0933. The quantitative estimate of drug-likeness (QED) is 0.855. The van der Waals surface area contributed by atoms with Gasteiger partial charge in [0.15, 0.2) is 0 Å². The number of halogens is 3. The molecule has 21 heavy (non-hydrogen) atoms. The smallest absolute Gasteiger partial charge is 0.339 e. The van der Waals surface area contributed by atoms with E-state index in [2.05, 4.69) is 19.8 Å². The number of nitrogens with zero attached hydrogens (tertiary/aromatic N) is 4. The maximum atomic E-state index is 12.3. The fourth-order valence-electron chi connectivity index (χ4n) is 2.50. The normalized spacial score (nSPS) is 20.1. The van der Waals surface area contributed by atoms with Gasteiger partial charge in [0.05, 0.1) is 0 Å². The van der Waals surface area contributed by atoms with E-state index in [4.69, 9.17) is 0 Å². The number of rotatable bonds is 4. The van der Waals surface area contributed by atoms with Crippen molar-refractivity contribution >= 4 is 5.95 Å². The molecule has 0 unspecified atom stereocenters. The van der Waals surface area contributed by atoms with Gasteiger partial charge < -0.3 is 9.80 Å². The zero-order valence-electron chi connectivity index (χ0n) is 12.4. The van der Waals surface area contributed by atoms with Crippen molar-refractivity contribution in [2.75, 3.05) is 32.1 Å². The van der Waals surface area contributed by atoms with Gasteiger partial charge in [-0.15, -0.1) is 0 Å². The van der Waals surface area contributed by atoms with E-state index in [9.17, 15) is 13.2 Å². The molecule has 0 amide bonds. The van der Waals surface area contributed by atoms with Gasteiger partial charge in [0.2, 0.25) is 5.95 Å². The van der Waals surface area contributed by atoms with Crippen LogP contribution in [0.25, 0.3) is 0 Å². The molecule has 1 aliphatic rings. The Morgan fingerprint density at radius 2 is 2.14 bits per heavy atom. The summed E-state index contributed by atoms with van der Waals surface area (Å²) < 4.78 is 36.8. The molecule has 2 rings (SSSR count). The minimum atomic E-state index is -4.15. The third-order valence-electron chi connectivity index (χ3n) is 3.77. The zero-order valence-corrected chi connectivity index (χ0v) is 12.4. The van der Waals surface area contributed by atoms with Crippen molar-refractivity contribution in [2.45, 2.75) is 37.9 Å². The average Bonchev–Trinajstić information content (AvgIpc) is 2.45. The molecule has 0 radical (unpaired) electrons. The monoisotopic (exact) mass is 302 g/mol. The van der Waals surface area contributed by atoms with Crippen molar-refractivity contribution in [3.8, 4) is 0 Å². The molecule has 1 atom stereocenters. The number of aryl methyl sites for hydroxylation is 1. The third-order valence-corrected chi connectivity index (χ3v) is 3.77. The Morgan fingerprint density at radius 3 is 2.81 bits per heavy atom. The lowest BCUT2D eigenvalue weighted by molar-refractivity contribution is -0.134. The van der Waals surface area contributed by atoms with E-state index in [-0.39, 0.29) is 6.42 Å². The summed E-state index contributed by atoms with van der Waals surface area (Å²) in [5.41, 5.74) is 0.448. The predicted octanol–water partition coefficient (Wildman–Crippen LogP) is 2.50. The molecule has 1 aliphatic heterocycles. The summed E-state index contributed by atoms with van der Waals surface area (Å²) >= 11 is 0. The third kappa shape index (κ3) is 4.84. The molecule has 0 N–H and O–H groups in total. The van der Waals surface area contributed by atoms with Crippen LogP contribution in [0.15, 0.2) is 12.3 Å². The Balaban J connectivity index is 2.03. The van der Waals surface area contributed by atoms with Crippen LogP contribution in [0.5, 0.6) is 0 Å². The fourth-order valence-corrected chi connectivity index (χ4v) is 2.50. The molecule has 1 aromatic heterocycles. The van der Waals surface area contributed by atoms with Crippen LogP contribution in [0.3, 0.4) is 0 Å². The maximum absolute atomic E-state index is 12.3. The van der Waals surface area contributed by atoms with Crippen LogP contribution in [-0.4, -0.2) is 54.3 Å². The van der Waals surface area contributed by atoms with E-state index in [1.165, 1.54) is 0 Å². The van der Waals surface area contributed by atoms with Crippen LogP contribution in [0.2, 0.25) is 0 Å². The van der Waals surface area contributed by atoms with E-state index < -0.39 is 12.6 Å². The number of likely N-dealkylation sites (N-methyl/N-ethyl adjacent to an activating group) is 1. The molecule has 1 aromatic rings. The Bertz CT molecular complexity index is 462. The summed E-state index contributed by atoms with van der Waals surface area (Å²) in [4.78, 5) is 12.7. The van der Waals surface area contributed by atoms with Gasteiger partial charge in [-0.3, -0.25) is 0 Å². The molecular weight excluding hydrogens is 281 g/mol. The number of anilines is 1. The predicted molar refractivity (Wildman–Crippen MR) is 75.3 cm³/mol. The molecule has 0 aliphatic carbocycles. The highest BCUT2D eigenvalue weighted by atomic mass is 19.4. The topological polar surface area (TPSA) is 32.3 Å². The second kappa shape index (κ2) is 6.60. The Hall–Kier alpha value is -1.37. The van der Waals surface area contributed by atoms with Gasteiger partial charge in [-0.1, -0.05) is 0 Å².